The molecule has 33 heavy (non-hydrogen) atoms. The summed E-state index contributed by atoms with van der Waals surface area (Å²) in [5.41, 5.74) is 2.07. The minimum absolute atomic E-state index is 0.0268. The van der Waals surface area contributed by atoms with Crippen LogP contribution < -0.4 is 4.74 Å². The van der Waals surface area contributed by atoms with E-state index in [-0.39, 0.29) is 30.8 Å². The molecule has 0 N–H and O–H groups in total. The summed E-state index contributed by atoms with van der Waals surface area (Å²) < 4.78 is 6.05. The molecule has 2 aromatic carbocycles. The fourth-order valence-corrected chi connectivity index (χ4v) is 5.04. The molecule has 0 fully saturated rings. The average molecular weight is 461 g/mol. The van der Waals surface area contributed by atoms with Crippen LogP contribution in [0.5, 0.6) is 5.75 Å². The largest absolute Gasteiger partial charge is 0.491 e. The maximum Gasteiger partial charge on any atom is 0.242 e. The molecule has 4 rings (SSSR count). The number of thiophene rings is 1. The summed E-state index contributed by atoms with van der Waals surface area (Å²) in [6.45, 7) is 5.12. The number of hydrogen-bond acceptors (Lipinski definition) is 4. The zero-order chi connectivity index (χ0) is 23.0. The second-order valence-electron chi connectivity index (χ2n) is 8.00. The van der Waals surface area contributed by atoms with Gasteiger partial charge in [0, 0.05) is 18.0 Å². The fourth-order valence-electron chi connectivity index (χ4n) is 4.11. The van der Waals surface area contributed by atoms with Crippen molar-refractivity contribution in [3.8, 4) is 5.75 Å². The van der Waals surface area contributed by atoms with Crippen molar-refractivity contribution in [2.75, 3.05) is 26.2 Å². The summed E-state index contributed by atoms with van der Waals surface area (Å²) >= 11 is 1.72. The number of carbonyl (C=O) groups excluding carboxylic acids is 2. The normalized spacial score (nSPS) is 14.9. The molecule has 1 aliphatic rings. The van der Waals surface area contributed by atoms with Gasteiger partial charge in [-0.25, -0.2) is 0 Å². The molecular formula is C27H28N2O3S. The SMILES string of the molecule is C=CCN(CC(=O)N1CCc2sccc2C1COc1ccccc1)C(=O)Cc1ccccc1. The molecule has 3 aromatic rings. The molecule has 0 radical (unpaired) electrons. The van der Waals surface area contributed by atoms with Gasteiger partial charge in [-0.15, -0.1) is 17.9 Å². The van der Waals surface area contributed by atoms with Crippen molar-refractivity contribution in [2.24, 2.45) is 0 Å². The molecule has 6 heteroatoms. The predicted octanol–water partition coefficient (Wildman–Crippen LogP) is 4.51. The molecule has 1 atom stereocenters. The number of carbonyl (C=O) groups is 2. The highest BCUT2D eigenvalue weighted by Crippen LogP contribution is 2.34. The lowest BCUT2D eigenvalue weighted by Crippen LogP contribution is -2.48. The van der Waals surface area contributed by atoms with Gasteiger partial charge in [0.25, 0.3) is 0 Å². The highest BCUT2D eigenvalue weighted by atomic mass is 32.1. The summed E-state index contributed by atoms with van der Waals surface area (Å²) in [6.07, 6.45) is 2.75. The van der Waals surface area contributed by atoms with Crippen molar-refractivity contribution in [1.82, 2.24) is 9.80 Å². The third-order valence-corrected chi connectivity index (χ3v) is 6.79. The van der Waals surface area contributed by atoms with Crippen molar-refractivity contribution in [2.45, 2.75) is 18.9 Å². The van der Waals surface area contributed by atoms with E-state index in [1.54, 1.807) is 22.3 Å². The first-order chi connectivity index (χ1) is 16.2. The van der Waals surface area contributed by atoms with E-state index in [0.717, 1.165) is 23.3 Å². The van der Waals surface area contributed by atoms with Gasteiger partial charge in [-0.05, 0) is 41.1 Å². The van der Waals surface area contributed by atoms with Crippen LogP contribution in [0.4, 0.5) is 0 Å². The van der Waals surface area contributed by atoms with Crippen molar-refractivity contribution in [3.05, 3.63) is 101 Å². The molecule has 0 saturated heterocycles. The van der Waals surface area contributed by atoms with Crippen LogP contribution in [0.15, 0.2) is 84.8 Å². The molecule has 0 aliphatic carbocycles. The number of hydrogen-bond donors (Lipinski definition) is 0. The molecule has 1 aliphatic heterocycles. The maximum absolute atomic E-state index is 13.4. The summed E-state index contributed by atoms with van der Waals surface area (Å²) in [5.74, 6) is 0.620. The first-order valence-electron chi connectivity index (χ1n) is 11.1. The lowest BCUT2D eigenvalue weighted by Gasteiger charge is -2.37. The molecule has 0 bridgehead atoms. The van der Waals surface area contributed by atoms with Crippen LogP contribution in [0.2, 0.25) is 0 Å². The number of benzene rings is 2. The van der Waals surface area contributed by atoms with Gasteiger partial charge < -0.3 is 14.5 Å². The van der Waals surface area contributed by atoms with Crippen LogP contribution in [0.3, 0.4) is 0 Å². The van der Waals surface area contributed by atoms with E-state index in [1.165, 1.54) is 4.88 Å². The van der Waals surface area contributed by atoms with Gasteiger partial charge in [-0.2, -0.15) is 0 Å². The van der Waals surface area contributed by atoms with Gasteiger partial charge in [-0.3, -0.25) is 9.59 Å². The van der Waals surface area contributed by atoms with E-state index in [0.29, 0.717) is 19.7 Å². The first kappa shape index (κ1) is 22.8. The summed E-state index contributed by atoms with van der Waals surface area (Å²) in [7, 11) is 0. The Morgan fingerprint density at radius 3 is 2.55 bits per heavy atom. The van der Waals surface area contributed by atoms with E-state index < -0.39 is 0 Å². The highest BCUT2D eigenvalue weighted by Gasteiger charge is 2.33. The number of fused-ring (bicyclic) bond motifs is 1. The zero-order valence-corrected chi connectivity index (χ0v) is 19.4. The van der Waals surface area contributed by atoms with E-state index in [1.807, 2.05) is 65.6 Å². The van der Waals surface area contributed by atoms with Crippen LogP contribution in [0.25, 0.3) is 0 Å². The quantitative estimate of drug-likeness (QED) is 0.442. The van der Waals surface area contributed by atoms with Gasteiger partial charge in [0.1, 0.15) is 18.9 Å². The first-order valence-corrected chi connectivity index (χ1v) is 12.0. The number of ether oxygens (including phenoxy) is 1. The van der Waals surface area contributed by atoms with Crippen LogP contribution in [-0.2, 0) is 22.4 Å². The predicted molar refractivity (Wildman–Crippen MR) is 131 cm³/mol. The third-order valence-electron chi connectivity index (χ3n) is 5.79. The Labute approximate surface area is 198 Å². The smallest absolute Gasteiger partial charge is 0.242 e. The Hall–Kier alpha value is -3.38. The van der Waals surface area contributed by atoms with E-state index >= 15 is 0 Å². The molecule has 0 spiro atoms. The Morgan fingerprint density at radius 1 is 1.09 bits per heavy atom. The van der Waals surface area contributed by atoms with Crippen LogP contribution in [-0.4, -0.2) is 47.9 Å². The standard InChI is InChI=1S/C27H28N2O3S/c1-2-15-28(26(30)18-21-9-5-3-6-10-21)19-27(31)29-16-13-25-23(14-17-33-25)24(29)20-32-22-11-7-4-8-12-22/h2-12,14,17,24H,1,13,15-16,18-20H2. The second-order valence-corrected chi connectivity index (χ2v) is 9.00. The second kappa shape index (κ2) is 11.0. The van der Waals surface area contributed by atoms with Gasteiger partial charge >= 0.3 is 0 Å². The minimum Gasteiger partial charge on any atom is -0.491 e. The van der Waals surface area contributed by atoms with Crippen LogP contribution in [0.1, 0.15) is 22.0 Å². The number of para-hydroxylation sites is 1. The molecular weight excluding hydrogens is 432 g/mol. The number of nitrogens with zero attached hydrogens (tertiary/aromatic N) is 2. The molecule has 1 aromatic heterocycles. The van der Waals surface area contributed by atoms with E-state index in [9.17, 15) is 9.59 Å². The van der Waals surface area contributed by atoms with Crippen molar-refractivity contribution < 1.29 is 14.3 Å². The minimum atomic E-state index is -0.178. The number of rotatable bonds is 9. The highest BCUT2D eigenvalue weighted by molar-refractivity contribution is 7.10. The summed E-state index contributed by atoms with van der Waals surface area (Å²) in [6, 6.07) is 21.1. The van der Waals surface area contributed by atoms with Gasteiger partial charge in [0.2, 0.25) is 11.8 Å². The van der Waals surface area contributed by atoms with Gasteiger partial charge in [-0.1, -0.05) is 54.6 Å². The Bertz CT molecular complexity index is 1080. The number of amides is 2. The molecule has 0 saturated carbocycles. The average Bonchev–Trinajstić information content (AvgIpc) is 3.32. The molecule has 2 amide bonds. The monoisotopic (exact) mass is 460 g/mol. The molecule has 2 heterocycles. The lowest BCUT2D eigenvalue weighted by molar-refractivity contribution is -0.142. The topological polar surface area (TPSA) is 49.9 Å². The molecule has 1 unspecified atom stereocenters. The van der Waals surface area contributed by atoms with E-state index in [4.69, 9.17) is 4.74 Å². The summed E-state index contributed by atoms with van der Waals surface area (Å²) in [5, 5.41) is 2.07. The van der Waals surface area contributed by atoms with Gasteiger partial charge in [0.15, 0.2) is 0 Å². The zero-order valence-electron chi connectivity index (χ0n) is 18.6. The Morgan fingerprint density at radius 2 is 1.82 bits per heavy atom. The van der Waals surface area contributed by atoms with Crippen molar-refractivity contribution >= 4 is 23.2 Å². The van der Waals surface area contributed by atoms with Gasteiger partial charge in [0.05, 0.1) is 12.5 Å². The van der Waals surface area contributed by atoms with E-state index in [2.05, 4.69) is 18.0 Å². The Kier molecular flexibility index (Phi) is 7.58. The lowest BCUT2D eigenvalue weighted by atomic mass is 10.0. The third kappa shape index (κ3) is 5.71. The molecule has 5 nitrogen and oxygen atoms in total. The van der Waals surface area contributed by atoms with Crippen molar-refractivity contribution in [1.29, 1.82) is 0 Å². The Balaban J connectivity index is 1.47. The molecule has 170 valence electrons. The summed E-state index contributed by atoms with van der Waals surface area (Å²) in [4.78, 5) is 31.1. The van der Waals surface area contributed by atoms with Crippen LogP contribution >= 0.6 is 11.3 Å². The van der Waals surface area contributed by atoms with Crippen LogP contribution in [0, 0.1) is 0 Å². The maximum atomic E-state index is 13.4. The fraction of sp³-hybridized carbons (Fsp3) is 0.259. The van der Waals surface area contributed by atoms with Crippen molar-refractivity contribution in [3.63, 3.8) is 0 Å².